The Labute approximate surface area is 114 Å². The maximum atomic E-state index is 12.2. The van der Waals surface area contributed by atoms with Gasteiger partial charge in [0.05, 0.1) is 22.1 Å². The molecular weight excluding hydrogens is 318 g/mol. The van der Waals surface area contributed by atoms with Gasteiger partial charge in [-0.15, -0.1) is 0 Å². The van der Waals surface area contributed by atoms with Crippen LogP contribution in [0, 0.1) is 0 Å². The number of aromatic nitrogens is 3. The summed E-state index contributed by atoms with van der Waals surface area (Å²) in [6, 6.07) is 4.84. The highest BCUT2D eigenvalue weighted by Crippen LogP contribution is 2.21. The molecular formula is C11H12BrN3O2S. The number of hydrogen-bond donors (Lipinski definition) is 0. The molecule has 0 radical (unpaired) electrons. The molecule has 0 fully saturated rings. The zero-order valence-corrected chi connectivity index (χ0v) is 12.1. The molecule has 0 N–H and O–H groups in total. The van der Waals surface area contributed by atoms with E-state index in [1.54, 1.807) is 23.0 Å². The summed E-state index contributed by atoms with van der Waals surface area (Å²) in [5.41, 5.74) is 0.642. The Morgan fingerprint density at radius 2 is 2.17 bits per heavy atom. The fourth-order valence-electron chi connectivity index (χ4n) is 1.59. The number of pyridine rings is 1. The summed E-state index contributed by atoms with van der Waals surface area (Å²) in [5.74, 6) is -0.113. The smallest absolute Gasteiger partial charge is 0.201 e. The summed E-state index contributed by atoms with van der Waals surface area (Å²) in [5, 5.41) is 4.18. The van der Waals surface area contributed by atoms with E-state index in [4.69, 9.17) is 0 Å². The SMILES string of the molecule is CCn1ncc(Br)c1CS(=O)(=O)c1ccccn1. The summed E-state index contributed by atoms with van der Waals surface area (Å²) in [6.45, 7) is 2.54. The van der Waals surface area contributed by atoms with Gasteiger partial charge in [0.2, 0.25) is 9.84 Å². The van der Waals surface area contributed by atoms with Crippen molar-refractivity contribution >= 4 is 25.8 Å². The molecule has 18 heavy (non-hydrogen) atoms. The number of sulfone groups is 1. The highest BCUT2D eigenvalue weighted by Gasteiger charge is 2.20. The van der Waals surface area contributed by atoms with Gasteiger partial charge in [0.25, 0.3) is 0 Å². The first-order valence-corrected chi connectivity index (χ1v) is 7.83. The summed E-state index contributed by atoms with van der Waals surface area (Å²) in [6.07, 6.45) is 3.08. The Morgan fingerprint density at radius 3 is 2.78 bits per heavy atom. The van der Waals surface area contributed by atoms with E-state index in [-0.39, 0.29) is 10.8 Å². The molecule has 2 aromatic rings. The topological polar surface area (TPSA) is 64.8 Å². The van der Waals surface area contributed by atoms with Gasteiger partial charge in [-0.1, -0.05) is 6.07 Å². The first-order valence-electron chi connectivity index (χ1n) is 5.38. The Bertz CT molecular complexity index is 638. The van der Waals surface area contributed by atoms with E-state index in [2.05, 4.69) is 26.0 Å². The third-order valence-corrected chi connectivity index (χ3v) is 4.68. The predicted octanol–water partition coefficient (Wildman–Crippen LogP) is 2.03. The lowest BCUT2D eigenvalue weighted by atomic mass is 10.5. The van der Waals surface area contributed by atoms with Crippen LogP contribution in [-0.4, -0.2) is 23.2 Å². The second kappa shape index (κ2) is 5.19. The van der Waals surface area contributed by atoms with Crippen molar-refractivity contribution in [3.63, 3.8) is 0 Å². The van der Waals surface area contributed by atoms with Crippen molar-refractivity contribution in [2.45, 2.75) is 24.2 Å². The van der Waals surface area contributed by atoms with E-state index in [1.165, 1.54) is 12.3 Å². The second-order valence-electron chi connectivity index (χ2n) is 3.68. The molecule has 2 aromatic heterocycles. The van der Waals surface area contributed by atoms with Gasteiger partial charge in [-0.25, -0.2) is 13.4 Å². The number of aryl methyl sites for hydroxylation is 1. The average Bonchev–Trinajstić information content (AvgIpc) is 2.71. The van der Waals surface area contributed by atoms with Gasteiger partial charge in [0, 0.05) is 12.7 Å². The summed E-state index contributed by atoms with van der Waals surface area (Å²) in [7, 11) is -3.44. The monoisotopic (exact) mass is 329 g/mol. The summed E-state index contributed by atoms with van der Waals surface area (Å²) in [4.78, 5) is 3.88. The number of hydrogen-bond acceptors (Lipinski definition) is 4. The molecule has 0 aromatic carbocycles. The number of nitrogens with zero attached hydrogens (tertiary/aromatic N) is 3. The molecule has 0 spiro atoms. The van der Waals surface area contributed by atoms with Crippen molar-refractivity contribution in [2.75, 3.05) is 0 Å². The normalized spacial score (nSPS) is 11.7. The molecule has 0 amide bonds. The highest BCUT2D eigenvalue weighted by molar-refractivity contribution is 9.10. The lowest BCUT2D eigenvalue weighted by Crippen LogP contribution is -2.11. The molecule has 0 unspecified atom stereocenters. The van der Waals surface area contributed by atoms with Crippen LogP contribution in [0.3, 0.4) is 0 Å². The zero-order valence-electron chi connectivity index (χ0n) is 9.75. The molecule has 96 valence electrons. The molecule has 0 aliphatic heterocycles. The summed E-state index contributed by atoms with van der Waals surface area (Å²) < 4.78 is 26.7. The predicted molar refractivity (Wildman–Crippen MR) is 70.7 cm³/mol. The molecule has 0 bridgehead atoms. The van der Waals surface area contributed by atoms with Gasteiger partial charge >= 0.3 is 0 Å². The minimum atomic E-state index is -3.44. The van der Waals surface area contributed by atoms with Crippen LogP contribution in [0.15, 0.2) is 40.1 Å². The van der Waals surface area contributed by atoms with Crippen LogP contribution in [0.5, 0.6) is 0 Å². The largest absolute Gasteiger partial charge is 0.268 e. The van der Waals surface area contributed by atoms with Gasteiger partial charge in [-0.2, -0.15) is 5.10 Å². The maximum absolute atomic E-state index is 12.2. The van der Waals surface area contributed by atoms with Crippen molar-refractivity contribution in [3.8, 4) is 0 Å². The Hall–Kier alpha value is -1.21. The number of rotatable bonds is 4. The van der Waals surface area contributed by atoms with E-state index in [1.807, 2.05) is 6.92 Å². The van der Waals surface area contributed by atoms with Crippen molar-refractivity contribution in [3.05, 3.63) is 40.8 Å². The lowest BCUT2D eigenvalue weighted by Gasteiger charge is -2.06. The van der Waals surface area contributed by atoms with Crippen molar-refractivity contribution < 1.29 is 8.42 Å². The number of halogens is 1. The minimum Gasteiger partial charge on any atom is -0.268 e. The third-order valence-electron chi connectivity index (χ3n) is 2.48. The quantitative estimate of drug-likeness (QED) is 0.860. The van der Waals surface area contributed by atoms with E-state index in [9.17, 15) is 8.42 Å². The van der Waals surface area contributed by atoms with Gasteiger partial charge in [-0.3, -0.25) is 4.68 Å². The first kappa shape index (κ1) is 13.2. The fraction of sp³-hybridized carbons (Fsp3) is 0.273. The van der Waals surface area contributed by atoms with Crippen LogP contribution in [0.1, 0.15) is 12.6 Å². The second-order valence-corrected chi connectivity index (χ2v) is 6.47. The van der Waals surface area contributed by atoms with E-state index < -0.39 is 9.84 Å². The van der Waals surface area contributed by atoms with Crippen LogP contribution in [0.2, 0.25) is 0 Å². The van der Waals surface area contributed by atoms with Gasteiger partial charge in [0.1, 0.15) is 0 Å². The van der Waals surface area contributed by atoms with E-state index >= 15 is 0 Å². The van der Waals surface area contributed by atoms with Crippen LogP contribution in [-0.2, 0) is 22.1 Å². The lowest BCUT2D eigenvalue weighted by molar-refractivity contribution is 0.582. The van der Waals surface area contributed by atoms with Gasteiger partial charge in [0.15, 0.2) is 5.03 Å². The summed E-state index contributed by atoms with van der Waals surface area (Å²) >= 11 is 3.31. The third kappa shape index (κ3) is 2.62. The maximum Gasteiger partial charge on any atom is 0.201 e. The minimum absolute atomic E-state index is 0.0840. The van der Waals surface area contributed by atoms with Gasteiger partial charge in [-0.05, 0) is 35.0 Å². The van der Waals surface area contributed by atoms with Crippen molar-refractivity contribution in [1.29, 1.82) is 0 Å². The first-order chi connectivity index (χ1) is 8.54. The molecule has 0 saturated carbocycles. The molecule has 5 nitrogen and oxygen atoms in total. The Morgan fingerprint density at radius 1 is 1.39 bits per heavy atom. The zero-order chi connectivity index (χ0) is 13.2. The van der Waals surface area contributed by atoms with Crippen molar-refractivity contribution in [2.24, 2.45) is 0 Å². The molecule has 0 saturated heterocycles. The average molecular weight is 330 g/mol. The molecule has 7 heteroatoms. The van der Waals surface area contributed by atoms with E-state index in [0.717, 1.165) is 0 Å². The van der Waals surface area contributed by atoms with E-state index in [0.29, 0.717) is 16.7 Å². The van der Waals surface area contributed by atoms with Crippen LogP contribution in [0.4, 0.5) is 0 Å². The molecule has 0 aliphatic carbocycles. The molecule has 0 aliphatic rings. The van der Waals surface area contributed by atoms with Crippen LogP contribution >= 0.6 is 15.9 Å². The molecule has 2 rings (SSSR count). The Balaban J connectivity index is 2.37. The molecule has 2 heterocycles. The highest BCUT2D eigenvalue weighted by atomic mass is 79.9. The van der Waals surface area contributed by atoms with Crippen LogP contribution in [0.25, 0.3) is 0 Å². The van der Waals surface area contributed by atoms with Crippen molar-refractivity contribution in [1.82, 2.24) is 14.8 Å². The fourth-order valence-corrected chi connectivity index (χ4v) is 3.53. The Kier molecular flexibility index (Phi) is 3.82. The standard InChI is InChI=1S/C11H12BrN3O2S/c1-2-15-10(9(12)7-14-15)8-18(16,17)11-5-3-4-6-13-11/h3-7H,2,8H2,1H3. The van der Waals surface area contributed by atoms with Gasteiger partial charge < -0.3 is 0 Å². The van der Waals surface area contributed by atoms with Crippen LogP contribution < -0.4 is 0 Å². The molecule has 0 atom stereocenters.